The Morgan fingerprint density at radius 2 is 2.22 bits per heavy atom. The first-order valence-corrected chi connectivity index (χ1v) is 7.07. The zero-order valence-electron chi connectivity index (χ0n) is 10.1. The number of rotatable bonds is 4. The van der Waals surface area contributed by atoms with Crippen LogP contribution < -0.4 is 5.73 Å². The van der Waals surface area contributed by atoms with Gasteiger partial charge in [0.1, 0.15) is 5.82 Å². The fraction of sp³-hybridized carbons (Fsp3) is 0.357. The predicted molar refractivity (Wildman–Crippen MR) is 72.3 cm³/mol. The quantitative estimate of drug-likeness (QED) is 0.734. The topological polar surface area (TPSA) is 38.9 Å². The van der Waals surface area contributed by atoms with Crippen molar-refractivity contribution in [1.29, 1.82) is 0 Å². The third kappa shape index (κ3) is 2.06. The first-order chi connectivity index (χ1) is 8.78. The summed E-state index contributed by atoms with van der Waals surface area (Å²) in [6.07, 6.45) is 3.98. The van der Waals surface area contributed by atoms with Crippen molar-refractivity contribution < 1.29 is 4.39 Å². The Balaban J connectivity index is 1.84. The molecule has 2 nitrogen and oxygen atoms in total. The van der Waals surface area contributed by atoms with E-state index in [9.17, 15) is 4.39 Å². The van der Waals surface area contributed by atoms with E-state index in [2.05, 4.69) is 4.98 Å². The van der Waals surface area contributed by atoms with Gasteiger partial charge in [-0.15, -0.1) is 11.3 Å². The number of fused-ring (bicyclic) bond motifs is 3. The van der Waals surface area contributed by atoms with Gasteiger partial charge in [0.15, 0.2) is 0 Å². The number of benzene rings is 1. The van der Waals surface area contributed by atoms with Crippen molar-refractivity contribution in [3.63, 3.8) is 0 Å². The Bertz CT molecular complexity index is 577. The van der Waals surface area contributed by atoms with Crippen LogP contribution in [0.5, 0.6) is 0 Å². The van der Waals surface area contributed by atoms with E-state index in [1.165, 1.54) is 16.0 Å². The summed E-state index contributed by atoms with van der Waals surface area (Å²) in [5.41, 5.74) is 8.73. The van der Waals surface area contributed by atoms with Gasteiger partial charge in [-0.25, -0.2) is 9.37 Å². The molecule has 0 bridgehead atoms. The first kappa shape index (κ1) is 11.8. The summed E-state index contributed by atoms with van der Waals surface area (Å²) in [6, 6.07) is 4.99. The fourth-order valence-electron chi connectivity index (χ4n) is 2.37. The molecule has 0 spiro atoms. The van der Waals surface area contributed by atoms with Gasteiger partial charge in [0.25, 0.3) is 0 Å². The van der Waals surface area contributed by atoms with Crippen LogP contribution in [0.3, 0.4) is 0 Å². The lowest BCUT2D eigenvalue weighted by Gasteiger charge is -1.99. The van der Waals surface area contributed by atoms with Gasteiger partial charge in [-0.05, 0) is 49.6 Å². The maximum absolute atomic E-state index is 13.1. The minimum atomic E-state index is -0.160. The third-order valence-electron chi connectivity index (χ3n) is 3.26. The number of aryl methyl sites for hydroxylation is 1. The van der Waals surface area contributed by atoms with E-state index in [1.807, 2.05) is 6.07 Å². The molecule has 1 aliphatic rings. The molecule has 2 aromatic rings. The highest BCUT2D eigenvalue weighted by Crippen LogP contribution is 2.39. The lowest BCUT2D eigenvalue weighted by atomic mass is 10.1. The standard InChI is InChI=1S/C14H15FN2S/c15-10-4-5-11-9(7-10)8-12-14(11)17-13(18-12)3-1-2-6-16/h4-5,7H,1-3,6,8,16H2. The van der Waals surface area contributed by atoms with Crippen LogP contribution >= 0.6 is 11.3 Å². The van der Waals surface area contributed by atoms with Gasteiger partial charge in [-0.2, -0.15) is 0 Å². The van der Waals surface area contributed by atoms with Crippen LogP contribution in [0.15, 0.2) is 18.2 Å². The van der Waals surface area contributed by atoms with E-state index in [-0.39, 0.29) is 5.82 Å². The lowest BCUT2D eigenvalue weighted by Crippen LogP contribution is -1.98. The average molecular weight is 262 g/mol. The Hall–Kier alpha value is -1.26. The summed E-state index contributed by atoms with van der Waals surface area (Å²) >= 11 is 1.76. The summed E-state index contributed by atoms with van der Waals surface area (Å²) in [5.74, 6) is -0.160. The van der Waals surface area contributed by atoms with Gasteiger partial charge < -0.3 is 5.73 Å². The monoisotopic (exact) mass is 262 g/mol. The minimum absolute atomic E-state index is 0.160. The second-order valence-corrected chi connectivity index (χ2v) is 5.77. The zero-order valence-corrected chi connectivity index (χ0v) is 10.9. The molecule has 0 unspecified atom stereocenters. The van der Waals surface area contributed by atoms with Gasteiger partial charge in [0.2, 0.25) is 0 Å². The molecule has 0 radical (unpaired) electrons. The molecule has 0 aliphatic heterocycles. The molecular weight excluding hydrogens is 247 g/mol. The highest BCUT2D eigenvalue weighted by molar-refractivity contribution is 7.12. The summed E-state index contributed by atoms with van der Waals surface area (Å²) in [5, 5.41) is 1.18. The summed E-state index contributed by atoms with van der Waals surface area (Å²) < 4.78 is 13.1. The smallest absolute Gasteiger partial charge is 0.123 e. The van der Waals surface area contributed by atoms with E-state index in [0.29, 0.717) is 0 Å². The maximum Gasteiger partial charge on any atom is 0.123 e. The van der Waals surface area contributed by atoms with Crippen LogP contribution in [-0.2, 0) is 12.8 Å². The van der Waals surface area contributed by atoms with E-state index in [0.717, 1.165) is 49.0 Å². The number of halogens is 1. The summed E-state index contributed by atoms with van der Waals surface area (Å²) in [4.78, 5) is 5.97. The molecule has 18 heavy (non-hydrogen) atoms. The van der Waals surface area contributed by atoms with Crippen molar-refractivity contribution >= 4 is 11.3 Å². The fourth-order valence-corrected chi connectivity index (χ4v) is 3.52. The van der Waals surface area contributed by atoms with Crippen LogP contribution in [0.2, 0.25) is 0 Å². The number of nitrogens with zero attached hydrogens (tertiary/aromatic N) is 1. The van der Waals surface area contributed by atoms with Crippen molar-refractivity contribution in [3.05, 3.63) is 39.5 Å². The highest BCUT2D eigenvalue weighted by atomic mass is 32.1. The van der Waals surface area contributed by atoms with Crippen molar-refractivity contribution in [3.8, 4) is 11.3 Å². The largest absolute Gasteiger partial charge is 0.330 e. The molecule has 0 saturated carbocycles. The van der Waals surface area contributed by atoms with Gasteiger partial charge >= 0.3 is 0 Å². The lowest BCUT2D eigenvalue weighted by molar-refractivity contribution is 0.626. The molecule has 1 aromatic heterocycles. The second kappa shape index (κ2) is 4.78. The molecule has 2 N–H and O–H groups in total. The van der Waals surface area contributed by atoms with Crippen LogP contribution in [0, 0.1) is 5.82 Å². The Kier molecular flexibility index (Phi) is 3.14. The van der Waals surface area contributed by atoms with E-state index in [1.54, 1.807) is 17.4 Å². The van der Waals surface area contributed by atoms with Crippen LogP contribution in [0.4, 0.5) is 4.39 Å². The van der Waals surface area contributed by atoms with Crippen molar-refractivity contribution in [1.82, 2.24) is 4.98 Å². The Labute approximate surface area is 110 Å². The molecule has 0 fully saturated rings. The summed E-state index contributed by atoms with van der Waals surface area (Å²) in [6.45, 7) is 0.743. The van der Waals surface area contributed by atoms with Crippen LogP contribution in [-0.4, -0.2) is 11.5 Å². The molecule has 4 heteroatoms. The third-order valence-corrected chi connectivity index (χ3v) is 4.37. The molecular formula is C14H15FN2S. The number of hydrogen-bond donors (Lipinski definition) is 1. The van der Waals surface area contributed by atoms with E-state index < -0.39 is 0 Å². The second-order valence-electron chi connectivity index (χ2n) is 4.60. The van der Waals surface area contributed by atoms with Crippen molar-refractivity contribution in [2.24, 2.45) is 5.73 Å². The highest BCUT2D eigenvalue weighted by Gasteiger charge is 2.23. The average Bonchev–Trinajstić information content (AvgIpc) is 2.85. The molecule has 0 saturated heterocycles. The predicted octanol–water partition coefficient (Wildman–Crippen LogP) is 3.13. The van der Waals surface area contributed by atoms with Crippen molar-refractivity contribution in [2.75, 3.05) is 6.54 Å². The zero-order chi connectivity index (χ0) is 12.5. The van der Waals surface area contributed by atoms with Gasteiger partial charge in [0, 0.05) is 16.9 Å². The molecule has 3 rings (SSSR count). The van der Waals surface area contributed by atoms with Crippen molar-refractivity contribution in [2.45, 2.75) is 25.7 Å². The SMILES string of the molecule is NCCCCc1nc2c(s1)Cc1cc(F)ccc1-2. The number of nitrogens with two attached hydrogens (primary N) is 1. The molecule has 0 atom stereocenters. The summed E-state index contributed by atoms with van der Waals surface area (Å²) in [7, 11) is 0. The number of hydrogen-bond acceptors (Lipinski definition) is 3. The van der Waals surface area contributed by atoms with E-state index >= 15 is 0 Å². The first-order valence-electron chi connectivity index (χ1n) is 6.25. The number of unbranched alkanes of at least 4 members (excludes halogenated alkanes) is 1. The molecule has 1 heterocycles. The molecule has 94 valence electrons. The number of aromatic nitrogens is 1. The van der Waals surface area contributed by atoms with Gasteiger partial charge in [0.05, 0.1) is 10.7 Å². The van der Waals surface area contributed by atoms with Gasteiger partial charge in [-0.3, -0.25) is 0 Å². The minimum Gasteiger partial charge on any atom is -0.330 e. The normalized spacial score (nSPS) is 12.6. The Morgan fingerprint density at radius 1 is 1.33 bits per heavy atom. The van der Waals surface area contributed by atoms with Crippen LogP contribution in [0.1, 0.15) is 28.3 Å². The maximum atomic E-state index is 13.1. The molecule has 1 aliphatic carbocycles. The Morgan fingerprint density at radius 3 is 3.06 bits per heavy atom. The van der Waals surface area contributed by atoms with E-state index in [4.69, 9.17) is 5.73 Å². The van der Waals surface area contributed by atoms with Gasteiger partial charge in [-0.1, -0.05) is 0 Å². The molecule has 0 amide bonds. The molecule has 1 aromatic carbocycles. The number of thiazole rings is 1. The van der Waals surface area contributed by atoms with Crippen LogP contribution in [0.25, 0.3) is 11.3 Å².